The molecule has 0 amide bonds. The zero-order valence-electron chi connectivity index (χ0n) is 18.4. The second-order valence-electron chi connectivity index (χ2n) is 10.3. The Balaban J connectivity index is 1.72. The Bertz CT molecular complexity index is 812. The van der Waals surface area contributed by atoms with Gasteiger partial charge in [-0.1, -0.05) is 20.8 Å². The van der Waals surface area contributed by atoms with Crippen molar-refractivity contribution in [3.63, 3.8) is 0 Å². The standard InChI is InChI=1S/C24H34O5/c1-15(25)28-14-24(5)20-8-10-22(3)18-13-27-12-17(18)6-7-19(22)23(20,4)11-9-21(24)29-16(2)26/h12-13,19-21H,6-11,14H2,1-5H3/t19?,20?,21-,22-,23+,24+/m0/s1. The molecule has 2 unspecified atom stereocenters. The van der Waals surface area contributed by atoms with Crippen LogP contribution in [0.4, 0.5) is 0 Å². The van der Waals surface area contributed by atoms with Gasteiger partial charge in [0.2, 0.25) is 0 Å². The molecule has 2 fully saturated rings. The van der Waals surface area contributed by atoms with Gasteiger partial charge in [-0.05, 0) is 72.3 Å². The fourth-order valence-electron chi connectivity index (χ4n) is 7.48. The summed E-state index contributed by atoms with van der Waals surface area (Å²) in [5.74, 6) is 0.336. The molecule has 29 heavy (non-hydrogen) atoms. The fourth-order valence-corrected chi connectivity index (χ4v) is 7.48. The van der Waals surface area contributed by atoms with Crippen LogP contribution in [0.25, 0.3) is 0 Å². The van der Waals surface area contributed by atoms with Gasteiger partial charge in [-0.2, -0.15) is 0 Å². The Labute approximate surface area is 173 Å². The van der Waals surface area contributed by atoms with E-state index in [0.29, 0.717) is 18.4 Å². The number of fused-ring (bicyclic) bond motifs is 5. The van der Waals surface area contributed by atoms with Crippen molar-refractivity contribution in [3.8, 4) is 0 Å². The van der Waals surface area contributed by atoms with Crippen LogP contribution >= 0.6 is 0 Å². The first kappa shape index (κ1) is 20.5. The van der Waals surface area contributed by atoms with E-state index >= 15 is 0 Å². The van der Waals surface area contributed by atoms with Crippen molar-refractivity contribution in [1.29, 1.82) is 0 Å². The lowest BCUT2D eigenvalue weighted by atomic mass is 9.40. The van der Waals surface area contributed by atoms with Crippen LogP contribution in [0.5, 0.6) is 0 Å². The number of hydrogen-bond acceptors (Lipinski definition) is 5. The second-order valence-corrected chi connectivity index (χ2v) is 10.3. The van der Waals surface area contributed by atoms with Gasteiger partial charge in [0, 0.05) is 19.3 Å². The van der Waals surface area contributed by atoms with Crippen molar-refractivity contribution in [2.45, 2.75) is 84.7 Å². The molecule has 0 bridgehead atoms. The molecule has 2 saturated carbocycles. The summed E-state index contributed by atoms with van der Waals surface area (Å²) in [5.41, 5.74) is 2.59. The van der Waals surface area contributed by atoms with Gasteiger partial charge in [0.15, 0.2) is 0 Å². The summed E-state index contributed by atoms with van der Waals surface area (Å²) in [7, 11) is 0. The van der Waals surface area contributed by atoms with Crippen LogP contribution in [-0.2, 0) is 30.9 Å². The highest BCUT2D eigenvalue weighted by Gasteiger charge is 2.64. The predicted molar refractivity (Wildman–Crippen MR) is 108 cm³/mol. The third-order valence-electron chi connectivity index (χ3n) is 8.74. The molecule has 4 rings (SSSR count). The first-order valence-corrected chi connectivity index (χ1v) is 11.0. The smallest absolute Gasteiger partial charge is 0.302 e. The van der Waals surface area contributed by atoms with Gasteiger partial charge < -0.3 is 13.9 Å². The minimum absolute atomic E-state index is 0.105. The minimum Gasteiger partial charge on any atom is -0.472 e. The zero-order valence-corrected chi connectivity index (χ0v) is 18.4. The van der Waals surface area contributed by atoms with E-state index in [9.17, 15) is 9.59 Å². The average molecular weight is 403 g/mol. The van der Waals surface area contributed by atoms with Gasteiger partial charge in [0.05, 0.1) is 12.5 Å². The van der Waals surface area contributed by atoms with Crippen LogP contribution in [-0.4, -0.2) is 24.6 Å². The van der Waals surface area contributed by atoms with E-state index in [2.05, 4.69) is 20.8 Å². The number of esters is 2. The number of rotatable bonds is 3. The summed E-state index contributed by atoms with van der Waals surface area (Å²) < 4.78 is 16.9. The number of hydrogen-bond donors (Lipinski definition) is 0. The van der Waals surface area contributed by atoms with Crippen LogP contribution in [0.1, 0.15) is 77.8 Å². The maximum Gasteiger partial charge on any atom is 0.302 e. The molecule has 0 spiro atoms. The topological polar surface area (TPSA) is 65.7 Å². The highest BCUT2D eigenvalue weighted by atomic mass is 16.6. The molecule has 0 N–H and O–H groups in total. The first-order chi connectivity index (χ1) is 13.6. The summed E-state index contributed by atoms with van der Waals surface area (Å²) in [6.45, 7) is 10.2. The number of carbonyl (C=O) groups excluding carboxylic acids is 2. The third-order valence-corrected chi connectivity index (χ3v) is 8.74. The Kier molecular flexibility index (Phi) is 4.86. The molecule has 0 aliphatic heterocycles. The third kappa shape index (κ3) is 3.03. The molecule has 1 aromatic rings. The van der Waals surface area contributed by atoms with E-state index in [1.807, 2.05) is 12.5 Å². The van der Waals surface area contributed by atoms with Crippen LogP contribution in [0.2, 0.25) is 0 Å². The van der Waals surface area contributed by atoms with Crippen molar-refractivity contribution in [2.75, 3.05) is 6.61 Å². The van der Waals surface area contributed by atoms with E-state index < -0.39 is 0 Å². The van der Waals surface area contributed by atoms with Crippen molar-refractivity contribution in [3.05, 3.63) is 23.7 Å². The van der Waals surface area contributed by atoms with Crippen LogP contribution in [0.3, 0.4) is 0 Å². The van der Waals surface area contributed by atoms with Crippen LogP contribution in [0.15, 0.2) is 16.9 Å². The molecular weight excluding hydrogens is 368 g/mol. The summed E-state index contributed by atoms with van der Waals surface area (Å²) in [5, 5.41) is 0. The number of ether oxygens (including phenoxy) is 2. The molecule has 160 valence electrons. The number of furan rings is 1. The molecular formula is C24H34O5. The maximum atomic E-state index is 11.8. The van der Waals surface area contributed by atoms with Gasteiger partial charge in [0.25, 0.3) is 0 Å². The van der Waals surface area contributed by atoms with Gasteiger partial charge in [0.1, 0.15) is 12.7 Å². The van der Waals surface area contributed by atoms with Gasteiger partial charge >= 0.3 is 11.9 Å². The largest absolute Gasteiger partial charge is 0.472 e. The van der Waals surface area contributed by atoms with E-state index in [1.54, 1.807) is 0 Å². The normalized spacial score (nSPS) is 40.9. The van der Waals surface area contributed by atoms with Gasteiger partial charge in [-0.3, -0.25) is 9.59 Å². The Hall–Kier alpha value is -1.78. The second kappa shape index (κ2) is 6.88. The lowest BCUT2D eigenvalue weighted by molar-refractivity contribution is -0.204. The number of carbonyl (C=O) groups is 2. The SMILES string of the molecule is CC(=O)OC[C@]1(C)C2CC[C@@]3(C)c4cocc4CCC3[C@@]2(C)CC[C@@H]1OC(C)=O. The van der Waals surface area contributed by atoms with Crippen LogP contribution in [0, 0.1) is 22.7 Å². The molecule has 5 heteroatoms. The first-order valence-electron chi connectivity index (χ1n) is 11.0. The Morgan fingerprint density at radius 1 is 1.03 bits per heavy atom. The fraction of sp³-hybridized carbons (Fsp3) is 0.750. The molecule has 0 saturated heterocycles. The average Bonchev–Trinajstić information content (AvgIpc) is 3.12. The van der Waals surface area contributed by atoms with Crippen molar-refractivity contribution < 1.29 is 23.5 Å². The van der Waals surface area contributed by atoms with Crippen molar-refractivity contribution in [2.24, 2.45) is 22.7 Å². The molecule has 0 radical (unpaired) electrons. The summed E-state index contributed by atoms with van der Waals surface area (Å²) >= 11 is 0. The quantitative estimate of drug-likeness (QED) is 0.679. The molecule has 5 nitrogen and oxygen atoms in total. The molecule has 0 aromatic carbocycles. The Morgan fingerprint density at radius 3 is 2.48 bits per heavy atom. The zero-order chi connectivity index (χ0) is 21.0. The number of aryl methyl sites for hydroxylation is 1. The van der Waals surface area contributed by atoms with Gasteiger partial charge in [-0.25, -0.2) is 0 Å². The van der Waals surface area contributed by atoms with Crippen LogP contribution < -0.4 is 0 Å². The molecule has 1 aromatic heterocycles. The molecule has 6 atom stereocenters. The molecule has 3 aliphatic carbocycles. The van der Waals surface area contributed by atoms with E-state index in [0.717, 1.165) is 38.5 Å². The van der Waals surface area contributed by atoms with Crippen molar-refractivity contribution in [1.82, 2.24) is 0 Å². The Morgan fingerprint density at radius 2 is 1.79 bits per heavy atom. The highest BCUT2D eigenvalue weighted by Crippen LogP contribution is 2.67. The summed E-state index contributed by atoms with van der Waals surface area (Å²) in [4.78, 5) is 23.5. The molecule has 1 heterocycles. The lowest BCUT2D eigenvalue weighted by Gasteiger charge is -2.65. The van der Waals surface area contributed by atoms with Crippen molar-refractivity contribution >= 4 is 11.9 Å². The van der Waals surface area contributed by atoms with E-state index in [-0.39, 0.29) is 34.3 Å². The monoisotopic (exact) mass is 402 g/mol. The van der Waals surface area contributed by atoms with E-state index in [1.165, 1.54) is 25.0 Å². The predicted octanol–water partition coefficient (Wildman–Crippen LogP) is 4.81. The summed E-state index contributed by atoms with van der Waals surface area (Å²) in [6.07, 6.45) is 9.83. The maximum absolute atomic E-state index is 11.8. The summed E-state index contributed by atoms with van der Waals surface area (Å²) in [6, 6.07) is 0. The highest BCUT2D eigenvalue weighted by molar-refractivity contribution is 5.66. The van der Waals surface area contributed by atoms with E-state index in [4.69, 9.17) is 13.9 Å². The minimum atomic E-state index is -0.373. The van der Waals surface area contributed by atoms with Gasteiger partial charge in [-0.15, -0.1) is 0 Å². The lowest BCUT2D eigenvalue weighted by Crippen LogP contribution is -2.63. The molecule has 3 aliphatic rings.